The van der Waals surface area contributed by atoms with Crippen LogP contribution < -0.4 is 0 Å². The Bertz CT molecular complexity index is 227. The Hall–Kier alpha value is -0.750. The van der Waals surface area contributed by atoms with E-state index in [4.69, 9.17) is 14.6 Å². The van der Waals surface area contributed by atoms with Gasteiger partial charge in [0, 0.05) is 0 Å². The molecule has 1 saturated heterocycles. The number of rotatable bonds is 2. The fraction of sp³-hybridized carbons (Fsp3) is 0.857. The second-order valence-electron chi connectivity index (χ2n) is 3.25. The van der Waals surface area contributed by atoms with Crippen molar-refractivity contribution in [2.75, 3.05) is 6.61 Å². The van der Waals surface area contributed by atoms with Crippen LogP contribution in [0.25, 0.3) is 0 Å². The summed E-state index contributed by atoms with van der Waals surface area (Å²) in [5.74, 6) is -7.23. The maximum atomic E-state index is 12.8. The second-order valence-corrected chi connectivity index (χ2v) is 3.25. The quantitative estimate of drug-likeness (QED) is 0.711. The summed E-state index contributed by atoms with van der Waals surface area (Å²) in [6, 6.07) is 0. The number of hydrogen-bond acceptors (Lipinski definition) is 3. The van der Waals surface area contributed by atoms with Crippen LogP contribution in [0, 0.1) is 0 Å². The molecule has 13 heavy (non-hydrogen) atoms. The molecular formula is C7H10F2O4. The predicted octanol–water partition coefficient (Wildman–Crippen LogP) is 0.858. The van der Waals surface area contributed by atoms with E-state index in [0.717, 1.165) is 0 Å². The monoisotopic (exact) mass is 196 g/mol. The van der Waals surface area contributed by atoms with Gasteiger partial charge < -0.3 is 14.6 Å². The summed E-state index contributed by atoms with van der Waals surface area (Å²) in [5, 5.41) is 8.19. The minimum atomic E-state index is -3.90. The lowest BCUT2D eigenvalue weighted by atomic mass is 10.2. The van der Waals surface area contributed by atoms with Crippen LogP contribution in [0.2, 0.25) is 0 Å². The number of carboxylic acid groups (broad SMARTS) is 1. The van der Waals surface area contributed by atoms with E-state index in [1.807, 2.05) is 0 Å². The van der Waals surface area contributed by atoms with Crippen LogP contribution in [0.5, 0.6) is 0 Å². The van der Waals surface area contributed by atoms with E-state index in [2.05, 4.69) is 0 Å². The minimum Gasteiger partial charge on any atom is -0.477 e. The van der Waals surface area contributed by atoms with Crippen LogP contribution in [0.15, 0.2) is 0 Å². The fourth-order valence-corrected chi connectivity index (χ4v) is 1.00. The van der Waals surface area contributed by atoms with Gasteiger partial charge in [0.2, 0.25) is 0 Å². The van der Waals surface area contributed by atoms with Crippen LogP contribution in [0.3, 0.4) is 0 Å². The molecule has 1 heterocycles. The molecule has 6 heteroatoms. The maximum absolute atomic E-state index is 12.8. The zero-order valence-electron chi connectivity index (χ0n) is 7.21. The lowest BCUT2D eigenvalue weighted by Crippen LogP contribution is -2.43. The highest BCUT2D eigenvalue weighted by Crippen LogP contribution is 2.32. The Labute approximate surface area is 73.4 Å². The van der Waals surface area contributed by atoms with E-state index in [9.17, 15) is 13.6 Å². The van der Waals surface area contributed by atoms with Crippen molar-refractivity contribution in [3.63, 3.8) is 0 Å². The van der Waals surface area contributed by atoms with Crippen LogP contribution in [-0.4, -0.2) is 35.5 Å². The van der Waals surface area contributed by atoms with Crippen molar-refractivity contribution < 1.29 is 28.2 Å². The molecule has 0 bridgehead atoms. The van der Waals surface area contributed by atoms with Gasteiger partial charge in [-0.15, -0.1) is 0 Å². The molecule has 76 valence electrons. The van der Waals surface area contributed by atoms with Gasteiger partial charge in [-0.2, -0.15) is 8.78 Å². The van der Waals surface area contributed by atoms with Crippen LogP contribution in [0.4, 0.5) is 8.78 Å². The molecule has 1 rings (SSSR count). The number of alkyl halides is 2. The Morgan fingerprint density at radius 2 is 2.15 bits per heavy atom. The third-order valence-electron chi connectivity index (χ3n) is 1.70. The first-order valence-electron chi connectivity index (χ1n) is 3.69. The molecule has 0 saturated carbocycles. The van der Waals surface area contributed by atoms with E-state index >= 15 is 0 Å². The van der Waals surface area contributed by atoms with Gasteiger partial charge in [0.25, 0.3) is 0 Å². The molecule has 1 fully saturated rings. The largest absolute Gasteiger partial charge is 0.477 e. The van der Waals surface area contributed by atoms with Crippen molar-refractivity contribution in [1.82, 2.24) is 0 Å². The third kappa shape index (κ3) is 1.94. The minimum absolute atomic E-state index is 0.410. The van der Waals surface area contributed by atoms with E-state index in [-0.39, 0.29) is 0 Å². The molecule has 1 aliphatic rings. The summed E-state index contributed by atoms with van der Waals surface area (Å²) in [5.41, 5.74) is 0. The molecule has 0 spiro atoms. The highest BCUT2D eigenvalue weighted by atomic mass is 19.3. The first kappa shape index (κ1) is 10.3. The van der Waals surface area contributed by atoms with E-state index in [1.54, 1.807) is 0 Å². The zero-order valence-corrected chi connectivity index (χ0v) is 7.21. The first-order chi connectivity index (χ1) is 5.76. The number of halogens is 2. The van der Waals surface area contributed by atoms with Crippen molar-refractivity contribution >= 4 is 5.97 Å². The highest BCUT2D eigenvalue weighted by Gasteiger charge is 2.54. The van der Waals surface area contributed by atoms with Gasteiger partial charge in [0.1, 0.15) is 0 Å². The van der Waals surface area contributed by atoms with Gasteiger partial charge in [0.15, 0.2) is 11.9 Å². The third-order valence-corrected chi connectivity index (χ3v) is 1.70. The molecule has 0 aliphatic carbocycles. The van der Waals surface area contributed by atoms with Gasteiger partial charge in [0.05, 0.1) is 6.61 Å². The highest BCUT2D eigenvalue weighted by molar-refractivity contribution is 5.76. The maximum Gasteiger partial charge on any atom is 0.377 e. The Morgan fingerprint density at radius 1 is 1.62 bits per heavy atom. The molecule has 1 N–H and O–H groups in total. The van der Waals surface area contributed by atoms with Crippen molar-refractivity contribution in [1.29, 1.82) is 0 Å². The topological polar surface area (TPSA) is 55.8 Å². The number of hydrogen-bond donors (Lipinski definition) is 1. The van der Waals surface area contributed by atoms with Crippen molar-refractivity contribution in [3.05, 3.63) is 0 Å². The number of aliphatic carboxylic acids is 1. The molecule has 1 unspecified atom stereocenters. The van der Waals surface area contributed by atoms with Gasteiger partial charge in [-0.1, -0.05) is 0 Å². The van der Waals surface area contributed by atoms with Gasteiger partial charge >= 0.3 is 11.9 Å². The fourth-order valence-electron chi connectivity index (χ4n) is 1.00. The number of carbonyl (C=O) groups is 1. The average Bonchev–Trinajstić information content (AvgIpc) is 2.30. The molecule has 0 aromatic heterocycles. The molecule has 0 amide bonds. The van der Waals surface area contributed by atoms with Crippen molar-refractivity contribution in [3.8, 4) is 0 Å². The van der Waals surface area contributed by atoms with E-state index in [1.165, 1.54) is 13.8 Å². The molecule has 4 nitrogen and oxygen atoms in total. The normalized spacial score (nSPS) is 27.5. The van der Waals surface area contributed by atoms with Crippen molar-refractivity contribution in [2.45, 2.75) is 31.7 Å². The summed E-state index contributed by atoms with van der Waals surface area (Å²) in [7, 11) is 0. The first-order valence-corrected chi connectivity index (χ1v) is 3.69. The van der Waals surface area contributed by atoms with Crippen LogP contribution >= 0.6 is 0 Å². The SMILES string of the molecule is CC1(C)OCC(C(F)(F)C(=O)O)O1. The number of ether oxygens (including phenoxy) is 2. The summed E-state index contributed by atoms with van der Waals surface area (Å²) >= 11 is 0. The Morgan fingerprint density at radius 3 is 2.46 bits per heavy atom. The second kappa shape index (κ2) is 2.88. The molecule has 0 aromatic rings. The van der Waals surface area contributed by atoms with Crippen LogP contribution in [0.1, 0.15) is 13.8 Å². The van der Waals surface area contributed by atoms with Crippen LogP contribution in [-0.2, 0) is 14.3 Å². The number of carboxylic acids is 1. The van der Waals surface area contributed by atoms with E-state index < -0.39 is 30.4 Å². The molecule has 1 aliphatic heterocycles. The van der Waals surface area contributed by atoms with Crippen molar-refractivity contribution in [2.24, 2.45) is 0 Å². The summed E-state index contributed by atoms with van der Waals surface area (Å²) < 4.78 is 35.1. The van der Waals surface area contributed by atoms with Gasteiger partial charge in [-0.3, -0.25) is 0 Å². The zero-order chi connectivity index (χ0) is 10.3. The summed E-state index contributed by atoms with van der Waals surface area (Å²) in [4.78, 5) is 10.1. The lowest BCUT2D eigenvalue weighted by Gasteiger charge is -2.20. The molecule has 1 atom stereocenters. The standard InChI is InChI=1S/C7H10F2O4/c1-6(2)12-3-4(13-6)7(8,9)5(10)11/h4H,3H2,1-2H3,(H,10,11). The smallest absolute Gasteiger partial charge is 0.377 e. The van der Waals surface area contributed by atoms with Gasteiger partial charge in [-0.25, -0.2) is 4.79 Å². The summed E-state index contributed by atoms with van der Waals surface area (Å²) in [6.45, 7) is 2.49. The molecular weight excluding hydrogens is 186 g/mol. The molecule has 0 aromatic carbocycles. The predicted molar refractivity (Wildman–Crippen MR) is 37.5 cm³/mol. The Balaban J connectivity index is 2.71. The molecule has 0 radical (unpaired) electrons. The summed E-state index contributed by atoms with van der Waals surface area (Å²) in [6.07, 6.45) is -1.71. The Kier molecular flexibility index (Phi) is 2.29. The van der Waals surface area contributed by atoms with E-state index in [0.29, 0.717) is 0 Å². The van der Waals surface area contributed by atoms with Gasteiger partial charge in [-0.05, 0) is 13.8 Å². The lowest BCUT2D eigenvalue weighted by molar-refractivity contribution is -0.200. The average molecular weight is 196 g/mol.